The van der Waals surface area contributed by atoms with Crippen molar-refractivity contribution in [3.8, 4) is 0 Å². The molecule has 0 radical (unpaired) electrons. The van der Waals surface area contributed by atoms with E-state index in [0.29, 0.717) is 42.6 Å². The van der Waals surface area contributed by atoms with Crippen molar-refractivity contribution in [3.63, 3.8) is 0 Å². The quantitative estimate of drug-likeness (QED) is 0.0836. The van der Waals surface area contributed by atoms with Gasteiger partial charge >= 0.3 is 11.9 Å². The molecule has 1 aliphatic heterocycles. The highest BCUT2D eigenvalue weighted by atomic mass is 32.2. The molecule has 1 heterocycles. The van der Waals surface area contributed by atoms with Gasteiger partial charge in [-0.05, 0) is 63.6 Å². The molecule has 0 aromatic heterocycles. The fourth-order valence-electron chi connectivity index (χ4n) is 4.75. The van der Waals surface area contributed by atoms with Crippen LogP contribution in [0.1, 0.15) is 70.4 Å². The predicted molar refractivity (Wildman–Crippen MR) is 164 cm³/mol. The number of nitrogens with zero attached hydrogens (tertiary/aromatic N) is 1. The van der Waals surface area contributed by atoms with E-state index in [4.69, 9.17) is 13.7 Å². The number of rotatable bonds is 15. The molecular formula is C32H40N2O9S. The van der Waals surface area contributed by atoms with E-state index in [9.17, 15) is 28.1 Å². The first-order valence-corrected chi connectivity index (χ1v) is 16.0. The molecule has 0 aliphatic carbocycles. The van der Waals surface area contributed by atoms with Crippen molar-refractivity contribution in [2.75, 3.05) is 19.8 Å². The summed E-state index contributed by atoms with van der Waals surface area (Å²) < 4.78 is 40.9. The van der Waals surface area contributed by atoms with E-state index in [1.165, 1.54) is 30.3 Å². The smallest absolute Gasteiger partial charge is 0.336 e. The Bertz CT molecular complexity index is 1530. The van der Waals surface area contributed by atoms with Gasteiger partial charge in [-0.15, -0.1) is 0 Å². The van der Waals surface area contributed by atoms with Gasteiger partial charge in [0, 0.05) is 23.5 Å². The molecule has 1 N–H and O–H groups in total. The van der Waals surface area contributed by atoms with Crippen molar-refractivity contribution >= 4 is 27.7 Å². The number of aryl methyl sites for hydroxylation is 1. The molecule has 0 saturated carbocycles. The van der Waals surface area contributed by atoms with E-state index >= 15 is 0 Å². The fourth-order valence-corrected chi connectivity index (χ4v) is 5.69. The van der Waals surface area contributed by atoms with Crippen molar-refractivity contribution in [3.05, 3.63) is 92.3 Å². The number of ether oxygens (including phenoxy) is 2. The summed E-state index contributed by atoms with van der Waals surface area (Å²) in [7, 11) is -3.82. The number of dihydropyridines is 1. The molecule has 2 aromatic rings. The molecule has 238 valence electrons. The summed E-state index contributed by atoms with van der Waals surface area (Å²) in [5.74, 6) is -2.13. The van der Waals surface area contributed by atoms with Gasteiger partial charge in [0.25, 0.3) is 15.8 Å². The lowest BCUT2D eigenvalue weighted by Crippen LogP contribution is -2.33. The van der Waals surface area contributed by atoms with Crippen LogP contribution in [0.15, 0.2) is 76.0 Å². The molecule has 0 amide bonds. The average molecular weight is 629 g/mol. The predicted octanol–water partition coefficient (Wildman–Crippen LogP) is 5.85. The number of carbonyl (C=O) groups excluding carboxylic acids is 2. The maximum absolute atomic E-state index is 13.4. The van der Waals surface area contributed by atoms with Crippen LogP contribution < -0.4 is 5.32 Å². The molecule has 12 heteroatoms. The summed E-state index contributed by atoms with van der Waals surface area (Å²) in [6.45, 7) is 9.35. The van der Waals surface area contributed by atoms with Crippen LogP contribution in [0.5, 0.6) is 0 Å². The monoisotopic (exact) mass is 628 g/mol. The summed E-state index contributed by atoms with van der Waals surface area (Å²) in [6, 6.07) is 12.3. The van der Waals surface area contributed by atoms with Crippen LogP contribution in [0.2, 0.25) is 0 Å². The molecule has 1 aliphatic rings. The van der Waals surface area contributed by atoms with Gasteiger partial charge in [-0.3, -0.25) is 14.3 Å². The normalized spacial score (nSPS) is 15.3. The number of nitro benzene ring substituents is 1. The lowest BCUT2D eigenvalue weighted by molar-refractivity contribution is -0.384. The van der Waals surface area contributed by atoms with Crippen molar-refractivity contribution in [2.24, 2.45) is 5.92 Å². The summed E-state index contributed by atoms with van der Waals surface area (Å²) >= 11 is 0. The number of nitrogens with one attached hydrogen (secondary N) is 1. The highest BCUT2D eigenvalue weighted by molar-refractivity contribution is 7.86. The third-order valence-corrected chi connectivity index (χ3v) is 8.31. The van der Waals surface area contributed by atoms with E-state index in [0.717, 1.165) is 5.56 Å². The van der Waals surface area contributed by atoms with Crippen LogP contribution in [-0.2, 0) is 33.4 Å². The average Bonchev–Trinajstić information content (AvgIpc) is 2.97. The molecule has 44 heavy (non-hydrogen) atoms. The number of hydrogen-bond acceptors (Lipinski definition) is 10. The van der Waals surface area contributed by atoms with Crippen molar-refractivity contribution in [1.82, 2.24) is 5.32 Å². The molecular weight excluding hydrogens is 588 g/mol. The molecule has 0 fully saturated rings. The number of esters is 2. The number of nitro groups is 1. The molecule has 1 atom stereocenters. The van der Waals surface area contributed by atoms with Gasteiger partial charge in [0.2, 0.25) is 0 Å². The number of unbranched alkanes of at least 4 members (excludes halogenated alkanes) is 3. The van der Waals surface area contributed by atoms with Gasteiger partial charge in [0.05, 0.1) is 46.7 Å². The first-order valence-electron chi connectivity index (χ1n) is 14.5. The van der Waals surface area contributed by atoms with Crippen molar-refractivity contribution in [2.45, 2.75) is 71.1 Å². The van der Waals surface area contributed by atoms with E-state index in [-0.39, 0.29) is 47.5 Å². The lowest BCUT2D eigenvalue weighted by atomic mass is 9.80. The van der Waals surface area contributed by atoms with Crippen LogP contribution >= 0.6 is 0 Å². The number of non-ortho nitro benzene ring substituents is 1. The highest BCUT2D eigenvalue weighted by Gasteiger charge is 2.38. The minimum Gasteiger partial charge on any atom is -0.462 e. The molecule has 2 aromatic carbocycles. The molecule has 3 rings (SSSR count). The summed E-state index contributed by atoms with van der Waals surface area (Å²) in [6.07, 6.45) is 2.36. The Kier molecular flexibility index (Phi) is 12.2. The summed E-state index contributed by atoms with van der Waals surface area (Å²) in [5.41, 5.74) is 2.48. The Labute approximate surface area is 258 Å². The second-order valence-corrected chi connectivity index (χ2v) is 12.7. The van der Waals surface area contributed by atoms with Crippen LogP contribution in [0, 0.1) is 23.0 Å². The molecule has 0 saturated heterocycles. The van der Waals surface area contributed by atoms with Crippen LogP contribution in [0.3, 0.4) is 0 Å². The minimum absolute atomic E-state index is 0.0417. The molecule has 0 spiro atoms. The van der Waals surface area contributed by atoms with Crippen LogP contribution in [0.25, 0.3) is 0 Å². The number of hydrogen-bond donors (Lipinski definition) is 1. The summed E-state index contributed by atoms with van der Waals surface area (Å²) in [5, 5.41) is 14.6. The zero-order valence-corrected chi connectivity index (χ0v) is 26.6. The SMILES string of the molecule is CC1=C(C(=O)OCCCCCCOS(=O)(=O)c2ccc(C)cc2)C(c2cccc([N+](=O)[O-])c2)C(C(=O)OCC(C)C)=C(C)N1. The van der Waals surface area contributed by atoms with E-state index in [1.807, 2.05) is 20.8 Å². The van der Waals surface area contributed by atoms with Crippen molar-refractivity contribution < 1.29 is 36.6 Å². The third kappa shape index (κ3) is 9.23. The first-order chi connectivity index (χ1) is 20.8. The van der Waals surface area contributed by atoms with Crippen molar-refractivity contribution in [1.29, 1.82) is 0 Å². The van der Waals surface area contributed by atoms with Crippen LogP contribution in [0.4, 0.5) is 5.69 Å². The Morgan fingerprint density at radius 3 is 2.07 bits per heavy atom. The van der Waals surface area contributed by atoms with Gasteiger partial charge in [-0.1, -0.05) is 50.1 Å². The second kappa shape index (κ2) is 15.6. The second-order valence-electron chi connectivity index (χ2n) is 11.1. The molecule has 0 bridgehead atoms. The van der Waals surface area contributed by atoms with Gasteiger partial charge < -0.3 is 14.8 Å². The zero-order valence-electron chi connectivity index (χ0n) is 25.8. The summed E-state index contributed by atoms with van der Waals surface area (Å²) in [4.78, 5) is 37.8. The van der Waals surface area contributed by atoms with Gasteiger partial charge in [0.15, 0.2) is 0 Å². The maximum Gasteiger partial charge on any atom is 0.336 e. The van der Waals surface area contributed by atoms with E-state index < -0.39 is 32.9 Å². The fraction of sp³-hybridized carbons (Fsp3) is 0.438. The lowest BCUT2D eigenvalue weighted by Gasteiger charge is -2.30. The van der Waals surface area contributed by atoms with E-state index in [2.05, 4.69) is 5.32 Å². The Morgan fingerprint density at radius 2 is 1.48 bits per heavy atom. The highest BCUT2D eigenvalue weighted by Crippen LogP contribution is 2.40. The topological polar surface area (TPSA) is 151 Å². The third-order valence-electron chi connectivity index (χ3n) is 6.98. The standard InChI is InChI=1S/C32H40N2O9S/c1-21(2)20-42-32(36)29-24(5)33-23(4)28(30(29)25-11-10-12-26(19-25)34(37)38)31(35)41-17-8-6-7-9-18-43-44(39,40)27-15-13-22(3)14-16-27/h10-16,19,21,30,33H,6-9,17-18,20H2,1-5H3. The zero-order chi connectivity index (χ0) is 32.4. The maximum atomic E-state index is 13.4. The Balaban J connectivity index is 1.63. The number of benzene rings is 2. The van der Waals surface area contributed by atoms with Gasteiger partial charge in [-0.2, -0.15) is 8.42 Å². The molecule has 11 nitrogen and oxygen atoms in total. The van der Waals surface area contributed by atoms with Crippen LogP contribution in [-0.4, -0.2) is 45.1 Å². The first kappa shape index (κ1) is 34.5. The van der Waals surface area contributed by atoms with Gasteiger partial charge in [0.1, 0.15) is 0 Å². The van der Waals surface area contributed by atoms with Gasteiger partial charge in [-0.25, -0.2) is 9.59 Å². The number of allylic oxidation sites excluding steroid dienone is 2. The molecule has 1 unspecified atom stereocenters. The minimum atomic E-state index is -3.82. The Hall–Kier alpha value is -4.03. The Morgan fingerprint density at radius 1 is 0.886 bits per heavy atom. The van der Waals surface area contributed by atoms with E-state index in [1.54, 1.807) is 32.0 Å². The number of carbonyl (C=O) groups is 2. The largest absolute Gasteiger partial charge is 0.462 e.